The molecule has 0 bridgehead atoms. The zero-order chi connectivity index (χ0) is 34.0. The van der Waals surface area contributed by atoms with E-state index in [0.29, 0.717) is 44.2 Å². The van der Waals surface area contributed by atoms with Gasteiger partial charge < -0.3 is 26.0 Å². The zero-order valence-corrected chi connectivity index (χ0v) is 27.3. The van der Waals surface area contributed by atoms with Gasteiger partial charge in [-0.2, -0.15) is 0 Å². The largest absolute Gasteiger partial charge is 0.390 e. The fourth-order valence-electron chi connectivity index (χ4n) is 6.44. The summed E-state index contributed by atoms with van der Waals surface area (Å²) in [7, 11) is 0. The lowest BCUT2D eigenvalue weighted by atomic mass is 9.81. The molecule has 1 saturated heterocycles. The summed E-state index contributed by atoms with van der Waals surface area (Å²) in [5, 5.41) is 20.4. The summed E-state index contributed by atoms with van der Waals surface area (Å²) in [6.07, 6.45) is 1.18. The minimum Gasteiger partial charge on any atom is -0.390 e. The number of nitrogens with one attached hydrogen (secondary N) is 3. The monoisotopic (exact) mass is 648 g/mol. The molecule has 3 aromatic carbocycles. The molecule has 0 unspecified atom stereocenters. The zero-order valence-electron chi connectivity index (χ0n) is 27.3. The van der Waals surface area contributed by atoms with Gasteiger partial charge >= 0.3 is 0 Å². The van der Waals surface area contributed by atoms with Gasteiger partial charge in [-0.15, -0.1) is 0 Å². The van der Waals surface area contributed by atoms with Gasteiger partial charge in [0.25, 0.3) is 0 Å². The number of aliphatic hydroxyl groups is 1. The molecule has 4 rings (SSSR count). The van der Waals surface area contributed by atoms with E-state index in [1.54, 1.807) is 4.90 Å². The molecule has 3 aromatic rings. The van der Waals surface area contributed by atoms with E-state index in [0.717, 1.165) is 17.2 Å². The predicted octanol–water partition coefficient (Wildman–Crippen LogP) is 4.30. The Morgan fingerprint density at radius 2 is 1.57 bits per heavy atom. The topological polar surface area (TPSA) is 111 Å². The molecule has 0 saturated carbocycles. The van der Waals surface area contributed by atoms with Crippen molar-refractivity contribution in [2.24, 2.45) is 5.92 Å². The Kier molecular flexibility index (Phi) is 12.6. The first-order valence-electron chi connectivity index (χ1n) is 16.3. The van der Waals surface area contributed by atoms with Crippen molar-refractivity contribution in [3.8, 4) is 0 Å². The molecular formula is C37H46F2N4O4. The third-order valence-electron chi connectivity index (χ3n) is 9.17. The van der Waals surface area contributed by atoms with Crippen LogP contribution in [0.15, 0.2) is 78.9 Å². The van der Waals surface area contributed by atoms with Gasteiger partial charge in [0.1, 0.15) is 23.2 Å². The molecule has 0 aliphatic carbocycles. The highest BCUT2D eigenvalue weighted by atomic mass is 19.1. The Labute approximate surface area is 275 Å². The Morgan fingerprint density at radius 1 is 0.957 bits per heavy atom. The fraction of sp³-hybridized carbons (Fsp3) is 0.432. The van der Waals surface area contributed by atoms with E-state index in [4.69, 9.17) is 0 Å². The van der Waals surface area contributed by atoms with Crippen LogP contribution in [0.3, 0.4) is 0 Å². The molecular weight excluding hydrogens is 602 g/mol. The predicted molar refractivity (Wildman–Crippen MR) is 177 cm³/mol. The Balaban J connectivity index is 1.57. The van der Waals surface area contributed by atoms with E-state index < -0.39 is 41.3 Å². The van der Waals surface area contributed by atoms with Gasteiger partial charge in [0.05, 0.1) is 12.1 Å². The quantitative estimate of drug-likeness (QED) is 0.185. The molecule has 47 heavy (non-hydrogen) atoms. The average molecular weight is 649 g/mol. The summed E-state index contributed by atoms with van der Waals surface area (Å²) in [6, 6.07) is 20.8. The highest BCUT2D eigenvalue weighted by Gasteiger charge is 2.53. The molecule has 10 heteroatoms. The Bertz CT molecular complexity index is 1470. The molecule has 1 aliphatic rings. The number of hydrogen-bond acceptors (Lipinski definition) is 5. The summed E-state index contributed by atoms with van der Waals surface area (Å²) in [5.41, 5.74) is 1.19. The van der Waals surface area contributed by atoms with Crippen molar-refractivity contribution in [3.05, 3.63) is 107 Å². The molecule has 252 valence electrons. The number of carbonyl (C=O) groups is 3. The van der Waals surface area contributed by atoms with Crippen molar-refractivity contribution in [1.82, 2.24) is 20.9 Å². The van der Waals surface area contributed by atoms with Crippen molar-refractivity contribution in [2.45, 2.75) is 83.1 Å². The first-order valence-corrected chi connectivity index (χ1v) is 16.3. The van der Waals surface area contributed by atoms with Crippen molar-refractivity contribution < 1.29 is 28.3 Å². The average Bonchev–Trinajstić information content (AvgIpc) is 3.36. The second kappa shape index (κ2) is 16.6. The van der Waals surface area contributed by atoms with Crippen molar-refractivity contribution >= 4 is 17.7 Å². The van der Waals surface area contributed by atoms with E-state index in [-0.39, 0.29) is 30.8 Å². The van der Waals surface area contributed by atoms with Crippen LogP contribution >= 0.6 is 0 Å². The van der Waals surface area contributed by atoms with Crippen molar-refractivity contribution in [3.63, 3.8) is 0 Å². The van der Waals surface area contributed by atoms with E-state index in [1.165, 1.54) is 19.1 Å². The van der Waals surface area contributed by atoms with Gasteiger partial charge in [-0.05, 0) is 60.4 Å². The number of likely N-dealkylation sites (tertiary alicyclic amines) is 1. The number of benzene rings is 3. The molecule has 1 aliphatic heterocycles. The normalized spacial score (nSPS) is 18.8. The summed E-state index contributed by atoms with van der Waals surface area (Å²) in [6.45, 7) is 5.75. The maximum absolute atomic E-state index is 14.2. The van der Waals surface area contributed by atoms with Crippen LogP contribution in [0.2, 0.25) is 0 Å². The standard InChI is InChI=1S/C37H46F2N4O4/c1-4-25(2)37(42-26(3)44)17-18-43(36(37)47)33(16-15-27-11-7-5-8-12-27)35(46)41-32(21-28-13-9-6-10-14-28)34(45)24-40-23-29-19-30(38)22-31(39)20-29/h5-14,19-20,22,25,32-34,40,45H,4,15-18,21,23-24H2,1-3H3,(H,41,46)(H,42,44)/t25-,32-,33-,34-,37-/m0/s1. The Morgan fingerprint density at radius 3 is 2.17 bits per heavy atom. The number of rotatable bonds is 16. The number of nitrogens with zero attached hydrogens (tertiary/aromatic N) is 1. The van der Waals surface area contributed by atoms with Crippen LogP contribution in [0.5, 0.6) is 0 Å². The van der Waals surface area contributed by atoms with Gasteiger partial charge in [0, 0.05) is 32.6 Å². The highest BCUT2D eigenvalue weighted by Crippen LogP contribution is 2.34. The number of hydrogen-bond donors (Lipinski definition) is 4. The lowest BCUT2D eigenvalue weighted by molar-refractivity contribution is -0.144. The van der Waals surface area contributed by atoms with Crippen LogP contribution in [-0.2, 0) is 33.8 Å². The highest BCUT2D eigenvalue weighted by molar-refractivity contribution is 5.96. The van der Waals surface area contributed by atoms with Gasteiger partial charge in [0.2, 0.25) is 17.7 Å². The van der Waals surface area contributed by atoms with E-state index in [9.17, 15) is 28.3 Å². The van der Waals surface area contributed by atoms with Gasteiger partial charge in [-0.25, -0.2) is 8.78 Å². The summed E-state index contributed by atoms with van der Waals surface area (Å²) >= 11 is 0. The molecule has 5 atom stereocenters. The van der Waals surface area contributed by atoms with Crippen LogP contribution in [0.1, 0.15) is 56.7 Å². The maximum Gasteiger partial charge on any atom is 0.249 e. The van der Waals surface area contributed by atoms with Crippen molar-refractivity contribution in [1.29, 1.82) is 0 Å². The molecule has 0 radical (unpaired) electrons. The molecule has 0 spiro atoms. The lowest BCUT2D eigenvalue weighted by Gasteiger charge is -2.36. The van der Waals surface area contributed by atoms with E-state index >= 15 is 0 Å². The maximum atomic E-state index is 14.2. The fourth-order valence-corrected chi connectivity index (χ4v) is 6.44. The van der Waals surface area contributed by atoms with E-state index in [1.807, 2.05) is 74.5 Å². The SMILES string of the molecule is CC[C@H](C)[C@@]1(NC(C)=O)CCN([C@@H](CCc2ccccc2)C(=O)N[C@@H](Cc2ccccc2)[C@@H](O)CNCc2cc(F)cc(F)c2)C1=O. The van der Waals surface area contributed by atoms with Crippen LogP contribution in [0.4, 0.5) is 8.78 Å². The first-order chi connectivity index (χ1) is 22.5. The lowest BCUT2D eigenvalue weighted by Crippen LogP contribution is -2.60. The summed E-state index contributed by atoms with van der Waals surface area (Å²) in [4.78, 5) is 42.3. The van der Waals surface area contributed by atoms with Crippen LogP contribution in [-0.4, -0.2) is 64.5 Å². The molecule has 8 nitrogen and oxygen atoms in total. The molecule has 1 heterocycles. The smallest absolute Gasteiger partial charge is 0.249 e. The summed E-state index contributed by atoms with van der Waals surface area (Å²) < 4.78 is 27.4. The van der Waals surface area contributed by atoms with Gasteiger partial charge in [-0.3, -0.25) is 14.4 Å². The second-order valence-corrected chi connectivity index (χ2v) is 12.5. The van der Waals surface area contributed by atoms with Crippen LogP contribution in [0, 0.1) is 17.6 Å². The molecule has 0 aromatic heterocycles. The number of aryl methyl sites for hydroxylation is 1. The minimum absolute atomic E-state index is 0.0346. The number of carbonyl (C=O) groups excluding carboxylic acids is 3. The third kappa shape index (κ3) is 9.45. The number of halogens is 2. The first kappa shape index (κ1) is 35.7. The molecule has 1 fully saturated rings. The molecule has 4 N–H and O–H groups in total. The molecule has 3 amide bonds. The number of amides is 3. The Hall–Kier alpha value is -4.15. The number of aliphatic hydroxyl groups excluding tert-OH is 1. The second-order valence-electron chi connectivity index (χ2n) is 12.5. The minimum atomic E-state index is -1.10. The van der Waals surface area contributed by atoms with Gasteiger partial charge in [0.15, 0.2) is 0 Å². The van der Waals surface area contributed by atoms with Crippen LogP contribution in [0.25, 0.3) is 0 Å². The summed E-state index contributed by atoms with van der Waals surface area (Å²) in [5.74, 6) is -2.50. The third-order valence-corrected chi connectivity index (χ3v) is 9.17. The van der Waals surface area contributed by atoms with E-state index in [2.05, 4.69) is 16.0 Å². The van der Waals surface area contributed by atoms with Gasteiger partial charge in [-0.1, -0.05) is 80.9 Å². The van der Waals surface area contributed by atoms with Crippen molar-refractivity contribution in [2.75, 3.05) is 13.1 Å². The van der Waals surface area contributed by atoms with Crippen LogP contribution < -0.4 is 16.0 Å².